The number of rotatable bonds is 5. The van der Waals surface area contributed by atoms with Gasteiger partial charge in [-0.15, -0.1) is 0 Å². The molecule has 0 saturated heterocycles. The summed E-state index contributed by atoms with van der Waals surface area (Å²) in [5.74, 6) is 0. The van der Waals surface area contributed by atoms with Crippen LogP contribution in [0.25, 0.3) is 0 Å². The van der Waals surface area contributed by atoms with Crippen LogP contribution in [-0.4, -0.2) is 31.7 Å². The Morgan fingerprint density at radius 3 is 2.61 bits per heavy atom. The first-order valence-corrected chi connectivity index (χ1v) is 7.05. The third-order valence-electron chi connectivity index (χ3n) is 4.07. The van der Waals surface area contributed by atoms with Gasteiger partial charge in [0.15, 0.2) is 0 Å². The van der Waals surface area contributed by atoms with Crippen molar-refractivity contribution in [2.45, 2.75) is 70.6 Å². The van der Waals surface area contributed by atoms with E-state index in [4.69, 9.17) is 0 Å². The molecule has 1 aliphatic carbocycles. The molecule has 1 fully saturated rings. The Morgan fingerprint density at radius 1 is 1.39 bits per heavy atom. The molecule has 18 heavy (non-hydrogen) atoms. The number of aliphatic hydroxyl groups excluding tert-OH is 1. The second kappa shape index (κ2) is 5.41. The summed E-state index contributed by atoms with van der Waals surface area (Å²) in [7, 11) is 0. The van der Waals surface area contributed by atoms with Gasteiger partial charge in [0.1, 0.15) is 0 Å². The molecule has 1 aromatic heterocycles. The Morgan fingerprint density at radius 2 is 2.06 bits per heavy atom. The predicted octanol–water partition coefficient (Wildman–Crippen LogP) is 1.67. The molecule has 4 heteroatoms. The van der Waals surface area contributed by atoms with Gasteiger partial charge in [-0.1, -0.05) is 19.8 Å². The maximum Gasteiger partial charge on any atom is 0.0909 e. The van der Waals surface area contributed by atoms with E-state index in [0.29, 0.717) is 6.42 Å². The number of hydrogen-bond acceptors (Lipinski definition) is 3. The first kappa shape index (κ1) is 13.6. The van der Waals surface area contributed by atoms with Crippen molar-refractivity contribution in [3.05, 3.63) is 17.5 Å². The van der Waals surface area contributed by atoms with Crippen molar-refractivity contribution in [3.8, 4) is 0 Å². The predicted molar refractivity (Wildman–Crippen MR) is 70.4 cm³/mol. The summed E-state index contributed by atoms with van der Waals surface area (Å²) in [6.07, 6.45) is 4.19. The standard InChI is InChI=1S/C14H24N2O2/c1-3-11-9-12(16(4-2)15-11)10-13(17)14(18)7-5-6-8-14/h9,13,17-18H,3-8,10H2,1-2H3. The van der Waals surface area contributed by atoms with Gasteiger partial charge < -0.3 is 10.2 Å². The highest BCUT2D eigenvalue weighted by atomic mass is 16.3. The molecule has 1 saturated carbocycles. The molecule has 1 aromatic rings. The third kappa shape index (κ3) is 2.59. The summed E-state index contributed by atoms with van der Waals surface area (Å²) in [6.45, 7) is 4.93. The van der Waals surface area contributed by atoms with Gasteiger partial charge in [0.25, 0.3) is 0 Å². The van der Waals surface area contributed by atoms with Crippen molar-refractivity contribution in [2.75, 3.05) is 0 Å². The van der Waals surface area contributed by atoms with Gasteiger partial charge in [0.2, 0.25) is 0 Å². The van der Waals surface area contributed by atoms with Crippen molar-refractivity contribution in [2.24, 2.45) is 0 Å². The molecule has 1 atom stereocenters. The monoisotopic (exact) mass is 252 g/mol. The Labute approximate surface area is 109 Å². The highest BCUT2D eigenvalue weighted by Gasteiger charge is 2.38. The molecule has 102 valence electrons. The molecule has 0 spiro atoms. The Bertz CT molecular complexity index is 394. The van der Waals surface area contributed by atoms with Crippen LogP contribution < -0.4 is 0 Å². The molecular weight excluding hydrogens is 228 g/mol. The highest BCUT2D eigenvalue weighted by Crippen LogP contribution is 2.33. The number of hydrogen-bond donors (Lipinski definition) is 2. The maximum atomic E-state index is 10.4. The fourth-order valence-electron chi connectivity index (χ4n) is 2.83. The molecule has 0 amide bonds. The van der Waals surface area contributed by atoms with Gasteiger partial charge in [-0.3, -0.25) is 4.68 Å². The van der Waals surface area contributed by atoms with Crippen molar-refractivity contribution in [1.29, 1.82) is 0 Å². The molecule has 0 aromatic carbocycles. The second-order valence-electron chi connectivity index (χ2n) is 5.33. The lowest BCUT2D eigenvalue weighted by Gasteiger charge is -2.28. The van der Waals surface area contributed by atoms with Crippen LogP contribution in [0.5, 0.6) is 0 Å². The quantitative estimate of drug-likeness (QED) is 0.838. The fourth-order valence-corrected chi connectivity index (χ4v) is 2.83. The van der Waals surface area contributed by atoms with Crippen LogP contribution in [0.3, 0.4) is 0 Å². The van der Waals surface area contributed by atoms with Gasteiger partial charge in [0, 0.05) is 18.7 Å². The molecule has 1 aliphatic rings. The van der Waals surface area contributed by atoms with E-state index < -0.39 is 11.7 Å². The maximum absolute atomic E-state index is 10.4. The minimum Gasteiger partial charge on any atom is -0.390 e. The zero-order chi connectivity index (χ0) is 13.2. The molecule has 4 nitrogen and oxygen atoms in total. The van der Waals surface area contributed by atoms with Crippen LogP contribution in [0.4, 0.5) is 0 Å². The second-order valence-corrected chi connectivity index (χ2v) is 5.33. The largest absolute Gasteiger partial charge is 0.390 e. The molecule has 0 bridgehead atoms. The van der Waals surface area contributed by atoms with E-state index in [2.05, 4.69) is 12.0 Å². The van der Waals surface area contributed by atoms with Crippen LogP contribution in [0, 0.1) is 0 Å². The number of nitrogens with zero attached hydrogens (tertiary/aromatic N) is 2. The van der Waals surface area contributed by atoms with E-state index in [1.807, 2.05) is 17.7 Å². The zero-order valence-electron chi connectivity index (χ0n) is 11.4. The number of aliphatic hydroxyl groups is 2. The SMILES string of the molecule is CCc1cc(CC(O)C2(O)CCCC2)n(CC)n1. The summed E-state index contributed by atoms with van der Waals surface area (Å²) >= 11 is 0. The summed E-state index contributed by atoms with van der Waals surface area (Å²) in [5.41, 5.74) is 1.20. The lowest BCUT2D eigenvalue weighted by molar-refractivity contribution is -0.0696. The average molecular weight is 252 g/mol. The molecule has 1 unspecified atom stereocenters. The highest BCUT2D eigenvalue weighted by molar-refractivity contribution is 5.13. The smallest absolute Gasteiger partial charge is 0.0909 e. The zero-order valence-corrected chi connectivity index (χ0v) is 11.4. The lowest BCUT2D eigenvalue weighted by Crippen LogP contribution is -2.41. The van der Waals surface area contributed by atoms with Crippen molar-refractivity contribution < 1.29 is 10.2 Å². The van der Waals surface area contributed by atoms with E-state index in [1.165, 1.54) is 0 Å². The molecule has 2 N–H and O–H groups in total. The van der Waals surface area contributed by atoms with E-state index >= 15 is 0 Å². The van der Waals surface area contributed by atoms with Gasteiger partial charge in [-0.05, 0) is 32.3 Å². The van der Waals surface area contributed by atoms with E-state index in [-0.39, 0.29) is 0 Å². The summed E-state index contributed by atoms with van der Waals surface area (Å²) in [4.78, 5) is 0. The summed E-state index contributed by atoms with van der Waals surface area (Å²) < 4.78 is 1.93. The van der Waals surface area contributed by atoms with Gasteiger partial charge in [-0.25, -0.2) is 0 Å². The fraction of sp³-hybridized carbons (Fsp3) is 0.786. The topological polar surface area (TPSA) is 58.3 Å². The van der Waals surface area contributed by atoms with Gasteiger partial charge in [0.05, 0.1) is 17.4 Å². The number of aromatic nitrogens is 2. The summed E-state index contributed by atoms with van der Waals surface area (Å²) in [5, 5.41) is 25.1. The van der Waals surface area contributed by atoms with Crippen LogP contribution in [0.2, 0.25) is 0 Å². The van der Waals surface area contributed by atoms with Crippen LogP contribution in [0.1, 0.15) is 50.9 Å². The van der Waals surface area contributed by atoms with Crippen LogP contribution in [-0.2, 0) is 19.4 Å². The molecule has 0 radical (unpaired) electrons. The van der Waals surface area contributed by atoms with E-state index in [1.54, 1.807) is 0 Å². The molecule has 2 rings (SSSR count). The number of aryl methyl sites for hydroxylation is 2. The van der Waals surface area contributed by atoms with Gasteiger partial charge >= 0.3 is 0 Å². The Hall–Kier alpha value is -0.870. The first-order valence-electron chi connectivity index (χ1n) is 7.05. The van der Waals surface area contributed by atoms with Crippen LogP contribution >= 0.6 is 0 Å². The minimum absolute atomic E-state index is 0.497. The van der Waals surface area contributed by atoms with Crippen molar-refractivity contribution in [3.63, 3.8) is 0 Å². The third-order valence-corrected chi connectivity index (χ3v) is 4.07. The Balaban J connectivity index is 2.10. The van der Waals surface area contributed by atoms with E-state index in [0.717, 1.165) is 50.0 Å². The van der Waals surface area contributed by atoms with Crippen molar-refractivity contribution in [1.82, 2.24) is 9.78 Å². The van der Waals surface area contributed by atoms with Gasteiger partial charge in [-0.2, -0.15) is 5.10 Å². The first-order chi connectivity index (χ1) is 8.59. The average Bonchev–Trinajstić information content (AvgIpc) is 2.96. The van der Waals surface area contributed by atoms with E-state index in [9.17, 15) is 10.2 Å². The Kier molecular flexibility index (Phi) is 4.07. The van der Waals surface area contributed by atoms with Crippen LogP contribution in [0.15, 0.2) is 6.07 Å². The normalized spacial score (nSPS) is 20.2. The molecule has 0 aliphatic heterocycles. The summed E-state index contributed by atoms with van der Waals surface area (Å²) in [6, 6.07) is 2.05. The molecular formula is C14H24N2O2. The lowest BCUT2D eigenvalue weighted by atomic mass is 9.91. The minimum atomic E-state index is -0.880. The van der Waals surface area contributed by atoms with Crippen molar-refractivity contribution >= 4 is 0 Å². The molecule has 1 heterocycles.